The summed E-state index contributed by atoms with van der Waals surface area (Å²) in [5.41, 5.74) is 0. The van der Waals surface area contributed by atoms with Gasteiger partial charge in [0.25, 0.3) is 0 Å². The number of isocyanates is 1. The molecule has 54 valence electrons. The third kappa shape index (κ3) is 38.8. The Kier molecular flexibility index (Phi) is 19.4. The first-order chi connectivity index (χ1) is 4.33. The summed E-state index contributed by atoms with van der Waals surface area (Å²) < 4.78 is 4.73. The number of hydrogen-bond donors (Lipinski definition) is 2. The van der Waals surface area contributed by atoms with Crippen molar-refractivity contribution in [3.8, 4) is 0 Å². The first-order valence-electron chi connectivity index (χ1n) is 2.55. The van der Waals surface area contributed by atoms with E-state index in [1.54, 1.807) is 0 Å². The monoisotopic (exact) mass is 133 g/mol. The van der Waals surface area contributed by atoms with Gasteiger partial charge < -0.3 is 9.84 Å². The van der Waals surface area contributed by atoms with Crippen LogP contribution in [0.25, 0.3) is 0 Å². The Morgan fingerprint density at radius 1 is 1.78 bits per heavy atom. The summed E-state index contributed by atoms with van der Waals surface area (Å²) in [6.07, 6.45) is 0.750. The normalized spacial score (nSPS) is 6.89. The first-order valence-corrected chi connectivity index (χ1v) is 2.55. The molecule has 0 atom stereocenters. The molecule has 0 aromatic heterocycles. The highest BCUT2D eigenvalue weighted by molar-refractivity contribution is 5.26. The van der Waals surface area contributed by atoms with Gasteiger partial charge in [0.2, 0.25) is 6.08 Å². The summed E-state index contributed by atoms with van der Waals surface area (Å²) in [5.74, 6) is 0. The van der Waals surface area contributed by atoms with Crippen molar-refractivity contribution in [1.29, 1.82) is 5.41 Å². The van der Waals surface area contributed by atoms with Crippen molar-refractivity contribution in [3.63, 3.8) is 0 Å². The topological polar surface area (TPSA) is 70.4 Å². The maximum Gasteiger partial charge on any atom is 0.231 e. The Morgan fingerprint density at radius 2 is 2.22 bits per heavy atom. The molecule has 0 saturated heterocycles. The van der Waals surface area contributed by atoms with Crippen LogP contribution >= 0.6 is 0 Å². The van der Waals surface area contributed by atoms with E-state index in [0.717, 1.165) is 6.08 Å². The molecule has 9 heavy (non-hydrogen) atoms. The molecular weight excluding hydrogens is 122 g/mol. The average molecular weight is 133 g/mol. The van der Waals surface area contributed by atoms with Gasteiger partial charge in [0.05, 0.1) is 13.2 Å². The third-order valence-corrected chi connectivity index (χ3v) is 0.440. The smallest absolute Gasteiger partial charge is 0.231 e. The number of ether oxygens (including phenoxy) is 1. The van der Waals surface area contributed by atoms with Gasteiger partial charge in [-0.05, 0) is 6.92 Å². The van der Waals surface area contributed by atoms with Gasteiger partial charge in [-0.1, -0.05) is 0 Å². The Hall–Kier alpha value is -0.700. The molecule has 0 aliphatic rings. The van der Waals surface area contributed by atoms with Crippen molar-refractivity contribution < 1.29 is 14.6 Å². The summed E-state index contributed by atoms with van der Waals surface area (Å²) in [4.78, 5) is 8.35. The number of aliphatic hydroxyl groups excluding tert-OH is 1. The van der Waals surface area contributed by atoms with E-state index in [2.05, 4.69) is 0 Å². The Bertz CT molecular complexity index is 64.6. The quantitative estimate of drug-likeness (QED) is 0.321. The average Bonchev–Trinajstić information content (AvgIpc) is 1.86. The Labute approximate surface area is 54.0 Å². The molecule has 0 aliphatic heterocycles. The van der Waals surface area contributed by atoms with E-state index in [0.29, 0.717) is 13.2 Å². The predicted molar refractivity (Wildman–Crippen MR) is 32.0 cm³/mol. The number of carbonyl (C=O) groups excluding carboxylic acids is 1. The molecule has 4 heteroatoms. The van der Waals surface area contributed by atoms with Crippen LogP contribution in [0.2, 0.25) is 0 Å². The molecule has 0 amide bonds. The fraction of sp³-hybridized carbons (Fsp3) is 0.800. The first kappa shape index (κ1) is 11.1. The maximum absolute atomic E-state index is 8.35. The second kappa shape index (κ2) is 15.7. The summed E-state index contributed by atoms with van der Waals surface area (Å²) in [5, 5.41) is 13.5. The van der Waals surface area contributed by atoms with E-state index < -0.39 is 0 Å². The van der Waals surface area contributed by atoms with Gasteiger partial charge in [0, 0.05) is 6.61 Å². The van der Waals surface area contributed by atoms with Crippen LogP contribution in [-0.2, 0) is 9.53 Å². The SMILES string of the molecule is CCOCCO.N=C=O. The minimum atomic E-state index is 0.133. The lowest BCUT2D eigenvalue weighted by Crippen LogP contribution is -1.96. The van der Waals surface area contributed by atoms with Crippen molar-refractivity contribution in [2.24, 2.45) is 0 Å². The van der Waals surface area contributed by atoms with Crippen LogP contribution < -0.4 is 0 Å². The molecule has 0 aromatic rings. The van der Waals surface area contributed by atoms with Gasteiger partial charge >= 0.3 is 0 Å². The van der Waals surface area contributed by atoms with Crippen molar-refractivity contribution >= 4 is 6.08 Å². The molecule has 0 bridgehead atoms. The van der Waals surface area contributed by atoms with E-state index >= 15 is 0 Å². The lowest BCUT2D eigenvalue weighted by molar-refractivity contribution is 0.102. The highest BCUT2D eigenvalue weighted by atomic mass is 16.5. The Balaban J connectivity index is 0. The molecule has 2 N–H and O–H groups in total. The Morgan fingerprint density at radius 3 is 2.33 bits per heavy atom. The van der Waals surface area contributed by atoms with Crippen LogP contribution in [0, 0.1) is 5.41 Å². The number of aliphatic hydroxyl groups is 1. The van der Waals surface area contributed by atoms with E-state index in [4.69, 9.17) is 20.0 Å². The van der Waals surface area contributed by atoms with Gasteiger partial charge in [0.1, 0.15) is 0 Å². The summed E-state index contributed by atoms with van der Waals surface area (Å²) in [6.45, 7) is 3.20. The molecule has 0 fully saturated rings. The zero-order valence-electron chi connectivity index (χ0n) is 5.39. The molecule has 0 aromatic carbocycles. The van der Waals surface area contributed by atoms with Crippen molar-refractivity contribution in [3.05, 3.63) is 0 Å². The highest BCUT2D eigenvalue weighted by Gasteiger charge is 1.73. The van der Waals surface area contributed by atoms with Crippen LogP contribution in [0.15, 0.2) is 0 Å². The van der Waals surface area contributed by atoms with Crippen LogP contribution in [-0.4, -0.2) is 31.0 Å². The standard InChI is InChI=1S/C4H10O2.CHNO/c1-2-6-4-3-5;2-1-3/h5H,2-4H2,1H3;2H. The molecule has 0 heterocycles. The van der Waals surface area contributed by atoms with Gasteiger partial charge in [-0.25, -0.2) is 10.2 Å². The second-order valence-corrected chi connectivity index (χ2v) is 1.02. The largest absolute Gasteiger partial charge is 0.394 e. The van der Waals surface area contributed by atoms with Crippen LogP contribution in [0.4, 0.5) is 0 Å². The lowest BCUT2D eigenvalue weighted by atomic mass is 10.8. The predicted octanol–water partition coefficient (Wildman–Crippen LogP) is -0.0838. The molecule has 0 radical (unpaired) electrons. The van der Waals surface area contributed by atoms with E-state index in [1.165, 1.54) is 0 Å². The second-order valence-electron chi connectivity index (χ2n) is 1.02. The number of hydrogen-bond acceptors (Lipinski definition) is 4. The molecule has 0 spiro atoms. The lowest BCUT2D eigenvalue weighted by Gasteiger charge is -1.91. The third-order valence-electron chi connectivity index (χ3n) is 0.440. The van der Waals surface area contributed by atoms with Gasteiger partial charge in [-0.2, -0.15) is 0 Å². The van der Waals surface area contributed by atoms with Crippen molar-refractivity contribution in [1.82, 2.24) is 0 Å². The fourth-order valence-electron chi connectivity index (χ4n) is 0.209. The number of nitrogens with one attached hydrogen (secondary N) is 1. The maximum atomic E-state index is 8.35. The molecule has 0 saturated carbocycles. The summed E-state index contributed by atoms with van der Waals surface area (Å²) in [7, 11) is 0. The minimum absolute atomic E-state index is 0.133. The van der Waals surface area contributed by atoms with E-state index in [-0.39, 0.29) is 6.61 Å². The van der Waals surface area contributed by atoms with Crippen LogP contribution in [0.5, 0.6) is 0 Å². The minimum Gasteiger partial charge on any atom is -0.394 e. The molecule has 0 rings (SSSR count). The van der Waals surface area contributed by atoms with Crippen LogP contribution in [0.3, 0.4) is 0 Å². The van der Waals surface area contributed by atoms with Crippen molar-refractivity contribution in [2.45, 2.75) is 6.92 Å². The van der Waals surface area contributed by atoms with Gasteiger partial charge in [0.15, 0.2) is 0 Å². The zero-order chi connectivity index (χ0) is 7.54. The molecule has 0 aliphatic carbocycles. The van der Waals surface area contributed by atoms with E-state index in [1.807, 2.05) is 6.92 Å². The molecular formula is C5H11NO3. The number of rotatable bonds is 3. The summed E-state index contributed by atoms with van der Waals surface area (Å²) in [6, 6.07) is 0. The van der Waals surface area contributed by atoms with Gasteiger partial charge in [-0.15, -0.1) is 0 Å². The van der Waals surface area contributed by atoms with E-state index in [9.17, 15) is 0 Å². The summed E-state index contributed by atoms with van der Waals surface area (Å²) >= 11 is 0. The molecule has 4 nitrogen and oxygen atoms in total. The highest BCUT2D eigenvalue weighted by Crippen LogP contribution is 1.66. The van der Waals surface area contributed by atoms with Crippen LogP contribution in [0.1, 0.15) is 6.92 Å². The zero-order valence-corrected chi connectivity index (χ0v) is 5.39. The van der Waals surface area contributed by atoms with Crippen molar-refractivity contribution in [2.75, 3.05) is 19.8 Å². The molecule has 0 unspecified atom stereocenters. The fourth-order valence-corrected chi connectivity index (χ4v) is 0.209. The van der Waals surface area contributed by atoms with Gasteiger partial charge in [-0.3, -0.25) is 0 Å².